The molecule has 5 nitrogen and oxygen atoms in total. The standard InChI is InChI=1S/C15H27N3O2/c1-14(2)13(20)17-9-10-18(14)12(19)11-15(16-3)7-5-4-6-8-15/h16H,4-11H2,1-3H3,(H,17,20). The number of hydrogen-bond donors (Lipinski definition) is 2. The highest BCUT2D eigenvalue weighted by Gasteiger charge is 2.43. The van der Waals surface area contributed by atoms with Crippen molar-refractivity contribution in [2.24, 2.45) is 0 Å². The molecule has 0 aromatic carbocycles. The van der Waals surface area contributed by atoms with E-state index in [1.807, 2.05) is 20.9 Å². The van der Waals surface area contributed by atoms with Crippen molar-refractivity contribution in [1.29, 1.82) is 0 Å². The van der Waals surface area contributed by atoms with Crippen LogP contribution < -0.4 is 10.6 Å². The lowest BCUT2D eigenvalue weighted by Gasteiger charge is -2.44. The van der Waals surface area contributed by atoms with Gasteiger partial charge in [-0.25, -0.2) is 0 Å². The second-order valence-corrected chi connectivity index (χ2v) is 6.63. The highest BCUT2D eigenvalue weighted by atomic mass is 16.2. The largest absolute Gasteiger partial charge is 0.352 e. The predicted molar refractivity (Wildman–Crippen MR) is 78.3 cm³/mol. The van der Waals surface area contributed by atoms with Crippen LogP contribution >= 0.6 is 0 Å². The Balaban J connectivity index is 2.08. The summed E-state index contributed by atoms with van der Waals surface area (Å²) in [6, 6.07) is 0. The molecule has 0 radical (unpaired) electrons. The van der Waals surface area contributed by atoms with Gasteiger partial charge in [-0.2, -0.15) is 0 Å². The van der Waals surface area contributed by atoms with E-state index in [9.17, 15) is 9.59 Å². The summed E-state index contributed by atoms with van der Waals surface area (Å²) < 4.78 is 0. The zero-order valence-corrected chi connectivity index (χ0v) is 12.9. The predicted octanol–water partition coefficient (Wildman–Crippen LogP) is 1.04. The van der Waals surface area contributed by atoms with Gasteiger partial charge in [0.15, 0.2) is 0 Å². The number of rotatable bonds is 3. The van der Waals surface area contributed by atoms with Crippen molar-refractivity contribution in [2.75, 3.05) is 20.1 Å². The maximum atomic E-state index is 12.7. The molecule has 0 bridgehead atoms. The maximum Gasteiger partial charge on any atom is 0.245 e. The summed E-state index contributed by atoms with van der Waals surface area (Å²) in [5.74, 6) is 0.0420. The maximum absolute atomic E-state index is 12.7. The average Bonchev–Trinajstić information content (AvgIpc) is 2.42. The summed E-state index contributed by atoms with van der Waals surface area (Å²) in [6.45, 7) is 4.82. The Labute approximate surface area is 121 Å². The number of hydrogen-bond acceptors (Lipinski definition) is 3. The first kappa shape index (κ1) is 15.3. The van der Waals surface area contributed by atoms with Crippen molar-refractivity contribution in [3.05, 3.63) is 0 Å². The third kappa shape index (κ3) is 2.82. The summed E-state index contributed by atoms with van der Waals surface area (Å²) in [7, 11) is 1.95. The molecule has 1 aliphatic carbocycles. The molecule has 0 unspecified atom stereocenters. The number of carbonyl (C=O) groups excluding carboxylic acids is 2. The molecular formula is C15H27N3O2. The van der Waals surface area contributed by atoms with Gasteiger partial charge in [-0.05, 0) is 33.7 Å². The molecule has 114 valence electrons. The van der Waals surface area contributed by atoms with E-state index < -0.39 is 5.54 Å². The van der Waals surface area contributed by atoms with Crippen LogP contribution in [0.3, 0.4) is 0 Å². The molecule has 1 saturated heterocycles. The topological polar surface area (TPSA) is 61.4 Å². The monoisotopic (exact) mass is 281 g/mol. The van der Waals surface area contributed by atoms with Crippen LogP contribution in [-0.4, -0.2) is 47.9 Å². The summed E-state index contributed by atoms with van der Waals surface area (Å²) in [5.41, 5.74) is -0.807. The summed E-state index contributed by atoms with van der Waals surface area (Å²) in [6.07, 6.45) is 6.22. The molecule has 0 aromatic heterocycles. The Morgan fingerprint density at radius 1 is 1.30 bits per heavy atom. The Hall–Kier alpha value is -1.10. The third-order valence-electron chi connectivity index (χ3n) is 4.98. The molecule has 1 heterocycles. The molecule has 0 spiro atoms. The normalized spacial score (nSPS) is 25.1. The molecule has 2 amide bonds. The lowest BCUT2D eigenvalue weighted by Crippen LogP contribution is -2.64. The molecule has 1 aliphatic heterocycles. The van der Waals surface area contributed by atoms with Gasteiger partial charge in [0.1, 0.15) is 5.54 Å². The lowest BCUT2D eigenvalue weighted by atomic mass is 9.78. The zero-order valence-electron chi connectivity index (χ0n) is 12.9. The minimum absolute atomic E-state index is 0.0562. The van der Waals surface area contributed by atoms with Crippen molar-refractivity contribution in [3.8, 4) is 0 Å². The van der Waals surface area contributed by atoms with Gasteiger partial charge in [0.2, 0.25) is 11.8 Å². The van der Waals surface area contributed by atoms with Crippen LogP contribution in [0.1, 0.15) is 52.4 Å². The lowest BCUT2D eigenvalue weighted by molar-refractivity contribution is -0.150. The third-order valence-corrected chi connectivity index (χ3v) is 4.98. The molecule has 1 saturated carbocycles. The molecule has 2 fully saturated rings. The van der Waals surface area contributed by atoms with E-state index in [0.29, 0.717) is 19.5 Å². The Morgan fingerprint density at radius 3 is 2.55 bits per heavy atom. The minimum Gasteiger partial charge on any atom is -0.352 e. The molecule has 0 atom stereocenters. The highest BCUT2D eigenvalue weighted by molar-refractivity contribution is 5.92. The van der Waals surface area contributed by atoms with E-state index in [0.717, 1.165) is 12.8 Å². The quantitative estimate of drug-likeness (QED) is 0.812. The highest BCUT2D eigenvalue weighted by Crippen LogP contribution is 2.32. The average molecular weight is 281 g/mol. The fourth-order valence-electron chi connectivity index (χ4n) is 3.46. The van der Waals surface area contributed by atoms with E-state index in [4.69, 9.17) is 0 Å². The number of piperazine rings is 1. The number of nitrogens with one attached hydrogen (secondary N) is 2. The van der Waals surface area contributed by atoms with Gasteiger partial charge in [0, 0.05) is 25.0 Å². The molecule has 2 aliphatic rings. The fourth-order valence-corrected chi connectivity index (χ4v) is 3.46. The van der Waals surface area contributed by atoms with E-state index in [1.165, 1.54) is 19.3 Å². The molecule has 5 heteroatoms. The van der Waals surface area contributed by atoms with Crippen LogP contribution in [0.25, 0.3) is 0 Å². The number of amides is 2. The molecule has 20 heavy (non-hydrogen) atoms. The molecule has 0 aromatic rings. The van der Waals surface area contributed by atoms with Gasteiger partial charge in [0.05, 0.1) is 0 Å². The van der Waals surface area contributed by atoms with Crippen molar-refractivity contribution in [2.45, 2.75) is 63.5 Å². The second-order valence-electron chi connectivity index (χ2n) is 6.63. The number of nitrogens with zero attached hydrogens (tertiary/aromatic N) is 1. The summed E-state index contributed by atoms with van der Waals surface area (Å²) >= 11 is 0. The summed E-state index contributed by atoms with van der Waals surface area (Å²) in [5, 5.41) is 6.21. The van der Waals surface area contributed by atoms with Gasteiger partial charge in [-0.15, -0.1) is 0 Å². The van der Waals surface area contributed by atoms with Gasteiger partial charge in [0.25, 0.3) is 0 Å². The van der Waals surface area contributed by atoms with Gasteiger partial charge in [-0.1, -0.05) is 19.3 Å². The molecule has 2 rings (SSSR count). The van der Waals surface area contributed by atoms with Crippen LogP contribution in [0.4, 0.5) is 0 Å². The second kappa shape index (κ2) is 5.72. The Bertz CT molecular complexity index is 387. The molecule has 2 N–H and O–H groups in total. The van der Waals surface area contributed by atoms with Crippen LogP contribution in [0.2, 0.25) is 0 Å². The van der Waals surface area contributed by atoms with E-state index in [1.54, 1.807) is 4.90 Å². The zero-order chi connectivity index (χ0) is 14.8. The van der Waals surface area contributed by atoms with Crippen molar-refractivity contribution in [1.82, 2.24) is 15.5 Å². The van der Waals surface area contributed by atoms with Crippen LogP contribution in [0, 0.1) is 0 Å². The van der Waals surface area contributed by atoms with E-state index in [-0.39, 0.29) is 17.4 Å². The fraction of sp³-hybridized carbons (Fsp3) is 0.867. The van der Waals surface area contributed by atoms with Crippen LogP contribution in [0.5, 0.6) is 0 Å². The Morgan fingerprint density at radius 2 is 1.95 bits per heavy atom. The Kier molecular flexibility index (Phi) is 4.37. The van der Waals surface area contributed by atoms with E-state index in [2.05, 4.69) is 10.6 Å². The molecular weight excluding hydrogens is 254 g/mol. The van der Waals surface area contributed by atoms with Gasteiger partial charge in [-0.3, -0.25) is 9.59 Å². The van der Waals surface area contributed by atoms with Crippen molar-refractivity contribution in [3.63, 3.8) is 0 Å². The minimum atomic E-state index is -0.737. The smallest absolute Gasteiger partial charge is 0.245 e. The van der Waals surface area contributed by atoms with Gasteiger partial charge >= 0.3 is 0 Å². The number of carbonyl (C=O) groups is 2. The van der Waals surface area contributed by atoms with Gasteiger partial charge < -0.3 is 15.5 Å². The van der Waals surface area contributed by atoms with Crippen LogP contribution in [-0.2, 0) is 9.59 Å². The first-order valence-electron chi connectivity index (χ1n) is 7.69. The first-order valence-corrected chi connectivity index (χ1v) is 7.69. The first-order chi connectivity index (χ1) is 9.41. The van der Waals surface area contributed by atoms with Crippen LogP contribution in [0.15, 0.2) is 0 Å². The SMILES string of the molecule is CNC1(CC(=O)N2CCNC(=O)C2(C)C)CCCCC1. The summed E-state index contributed by atoms with van der Waals surface area (Å²) in [4.78, 5) is 26.4. The van der Waals surface area contributed by atoms with E-state index >= 15 is 0 Å². The van der Waals surface area contributed by atoms with Crippen molar-refractivity contribution >= 4 is 11.8 Å². The van der Waals surface area contributed by atoms with Crippen molar-refractivity contribution < 1.29 is 9.59 Å².